The number of hydrogen-bond acceptors (Lipinski definition) is 3. The first-order valence-electron chi connectivity index (χ1n) is 6.97. The number of hydrogen-bond donors (Lipinski definition) is 0. The zero-order valence-corrected chi connectivity index (χ0v) is 12.1. The number of furan rings is 1. The third-order valence-corrected chi connectivity index (χ3v) is 3.26. The maximum atomic E-state index is 12.0. The van der Waals surface area contributed by atoms with E-state index in [1.54, 1.807) is 0 Å². The molecule has 0 atom stereocenters. The van der Waals surface area contributed by atoms with Crippen molar-refractivity contribution in [1.82, 2.24) is 4.90 Å². The molecule has 0 aliphatic heterocycles. The van der Waals surface area contributed by atoms with Gasteiger partial charge in [-0.3, -0.25) is 9.69 Å². The Morgan fingerprint density at radius 3 is 2.55 bits per heavy atom. The summed E-state index contributed by atoms with van der Waals surface area (Å²) in [4.78, 5) is 14.1. The standard InChI is InChI=1S/C17H21NO2/c1-14-10-11-16(20-14)13-18(2)12-6-9-17(19)15-7-4-3-5-8-15/h3-5,7-8,10-11H,6,9,12-13H2,1-2H3. The van der Waals surface area contributed by atoms with Gasteiger partial charge in [-0.2, -0.15) is 0 Å². The van der Waals surface area contributed by atoms with E-state index in [1.165, 1.54) is 0 Å². The van der Waals surface area contributed by atoms with Crippen molar-refractivity contribution in [1.29, 1.82) is 0 Å². The molecule has 0 saturated carbocycles. The van der Waals surface area contributed by atoms with Gasteiger partial charge in [-0.05, 0) is 39.1 Å². The van der Waals surface area contributed by atoms with Gasteiger partial charge in [-0.15, -0.1) is 0 Å². The number of ketones is 1. The fourth-order valence-electron chi connectivity index (χ4n) is 2.19. The average molecular weight is 271 g/mol. The molecule has 1 aromatic carbocycles. The van der Waals surface area contributed by atoms with Crippen LogP contribution in [0.4, 0.5) is 0 Å². The minimum Gasteiger partial charge on any atom is -0.465 e. The lowest BCUT2D eigenvalue weighted by atomic mass is 10.1. The molecule has 0 fully saturated rings. The van der Waals surface area contributed by atoms with Crippen molar-refractivity contribution in [2.45, 2.75) is 26.3 Å². The van der Waals surface area contributed by atoms with E-state index in [0.717, 1.165) is 36.6 Å². The van der Waals surface area contributed by atoms with E-state index in [-0.39, 0.29) is 5.78 Å². The lowest BCUT2D eigenvalue weighted by Crippen LogP contribution is -2.19. The molecular formula is C17H21NO2. The highest BCUT2D eigenvalue weighted by Gasteiger charge is 2.07. The molecule has 1 heterocycles. The fraction of sp³-hybridized carbons (Fsp3) is 0.353. The van der Waals surface area contributed by atoms with Gasteiger partial charge in [-0.1, -0.05) is 30.3 Å². The van der Waals surface area contributed by atoms with Crippen LogP contribution in [0.15, 0.2) is 46.9 Å². The molecule has 1 aromatic heterocycles. The Morgan fingerprint density at radius 2 is 1.90 bits per heavy atom. The van der Waals surface area contributed by atoms with Crippen LogP contribution in [0.1, 0.15) is 34.7 Å². The second-order valence-corrected chi connectivity index (χ2v) is 5.14. The Labute approximate surface area is 120 Å². The van der Waals surface area contributed by atoms with Crippen LogP contribution in [0.3, 0.4) is 0 Å². The Kier molecular flexibility index (Phi) is 5.13. The van der Waals surface area contributed by atoms with Crippen molar-refractivity contribution in [2.75, 3.05) is 13.6 Å². The van der Waals surface area contributed by atoms with Gasteiger partial charge >= 0.3 is 0 Å². The smallest absolute Gasteiger partial charge is 0.162 e. The third kappa shape index (κ3) is 4.35. The van der Waals surface area contributed by atoms with Crippen molar-refractivity contribution in [3.63, 3.8) is 0 Å². The first-order valence-corrected chi connectivity index (χ1v) is 6.97. The molecule has 0 aliphatic carbocycles. The lowest BCUT2D eigenvalue weighted by molar-refractivity contribution is 0.0975. The molecule has 0 saturated heterocycles. The van der Waals surface area contributed by atoms with Crippen LogP contribution in [0.5, 0.6) is 0 Å². The van der Waals surface area contributed by atoms with Crippen LogP contribution in [-0.4, -0.2) is 24.3 Å². The highest BCUT2D eigenvalue weighted by Crippen LogP contribution is 2.10. The second-order valence-electron chi connectivity index (χ2n) is 5.14. The largest absolute Gasteiger partial charge is 0.465 e. The van der Waals surface area contributed by atoms with Crippen LogP contribution in [0, 0.1) is 6.92 Å². The Hall–Kier alpha value is -1.87. The average Bonchev–Trinajstić information content (AvgIpc) is 2.85. The van der Waals surface area contributed by atoms with E-state index in [2.05, 4.69) is 4.90 Å². The van der Waals surface area contributed by atoms with Crippen molar-refractivity contribution < 1.29 is 9.21 Å². The summed E-state index contributed by atoms with van der Waals surface area (Å²) in [6.45, 7) is 3.62. The monoisotopic (exact) mass is 271 g/mol. The van der Waals surface area contributed by atoms with Crippen LogP contribution < -0.4 is 0 Å². The summed E-state index contributed by atoms with van der Waals surface area (Å²) in [5, 5.41) is 0. The fourth-order valence-corrected chi connectivity index (χ4v) is 2.19. The van der Waals surface area contributed by atoms with Crippen LogP contribution in [-0.2, 0) is 6.54 Å². The van der Waals surface area contributed by atoms with E-state index < -0.39 is 0 Å². The normalized spacial score (nSPS) is 10.9. The molecule has 0 amide bonds. The number of carbonyl (C=O) groups is 1. The summed E-state index contributed by atoms with van der Waals surface area (Å²) in [5.74, 6) is 2.12. The molecule has 3 heteroatoms. The highest BCUT2D eigenvalue weighted by molar-refractivity contribution is 5.95. The zero-order chi connectivity index (χ0) is 14.4. The number of carbonyl (C=O) groups excluding carboxylic acids is 1. The number of nitrogens with zero attached hydrogens (tertiary/aromatic N) is 1. The van der Waals surface area contributed by atoms with Gasteiger partial charge in [-0.25, -0.2) is 0 Å². The molecule has 2 aromatic rings. The first kappa shape index (κ1) is 14.5. The van der Waals surface area contributed by atoms with Crippen molar-refractivity contribution in [3.8, 4) is 0 Å². The molecule has 106 valence electrons. The predicted octanol–water partition coefficient (Wildman–Crippen LogP) is 3.68. The minimum absolute atomic E-state index is 0.216. The van der Waals surface area contributed by atoms with Gasteiger partial charge in [0.15, 0.2) is 5.78 Å². The molecule has 3 nitrogen and oxygen atoms in total. The summed E-state index contributed by atoms with van der Waals surface area (Å²) < 4.78 is 5.54. The SMILES string of the molecule is Cc1ccc(CN(C)CCCC(=O)c2ccccc2)o1. The van der Waals surface area contributed by atoms with E-state index >= 15 is 0 Å². The Balaban J connectivity index is 1.71. The zero-order valence-electron chi connectivity index (χ0n) is 12.1. The Morgan fingerprint density at radius 1 is 1.15 bits per heavy atom. The predicted molar refractivity (Wildman–Crippen MR) is 79.8 cm³/mol. The molecular weight excluding hydrogens is 250 g/mol. The van der Waals surface area contributed by atoms with E-state index in [0.29, 0.717) is 6.42 Å². The highest BCUT2D eigenvalue weighted by atomic mass is 16.3. The van der Waals surface area contributed by atoms with Gasteiger partial charge in [0.1, 0.15) is 11.5 Å². The summed E-state index contributed by atoms with van der Waals surface area (Å²) in [6, 6.07) is 13.4. The third-order valence-electron chi connectivity index (χ3n) is 3.26. The first-order chi connectivity index (χ1) is 9.65. The van der Waals surface area contributed by atoms with Crippen LogP contribution >= 0.6 is 0 Å². The van der Waals surface area contributed by atoms with E-state index in [1.807, 2.05) is 56.4 Å². The summed E-state index contributed by atoms with van der Waals surface area (Å²) in [6.07, 6.45) is 1.45. The van der Waals surface area contributed by atoms with Crippen molar-refractivity contribution >= 4 is 5.78 Å². The van der Waals surface area contributed by atoms with Gasteiger partial charge < -0.3 is 4.42 Å². The van der Waals surface area contributed by atoms with Crippen molar-refractivity contribution in [3.05, 3.63) is 59.5 Å². The second kappa shape index (κ2) is 7.06. The lowest BCUT2D eigenvalue weighted by Gasteiger charge is -2.14. The Bertz CT molecular complexity index is 545. The van der Waals surface area contributed by atoms with E-state index in [9.17, 15) is 4.79 Å². The summed E-state index contributed by atoms with van der Waals surface area (Å²) in [5.41, 5.74) is 0.803. The number of aryl methyl sites for hydroxylation is 1. The van der Waals surface area contributed by atoms with Crippen LogP contribution in [0.25, 0.3) is 0 Å². The molecule has 20 heavy (non-hydrogen) atoms. The maximum absolute atomic E-state index is 12.0. The number of benzene rings is 1. The number of rotatable bonds is 7. The van der Waals surface area contributed by atoms with Gasteiger partial charge in [0.25, 0.3) is 0 Å². The molecule has 0 spiro atoms. The molecule has 2 rings (SSSR count). The molecule has 0 N–H and O–H groups in total. The minimum atomic E-state index is 0.216. The molecule has 0 aliphatic rings. The number of Topliss-reactive ketones (excluding diaryl/α,β-unsaturated/α-hetero) is 1. The maximum Gasteiger partial charge on any atom is 0.162 e. The van der Waals surface area contributed by atoms with Crippen molar-refractivity contribution in [2.24, 2.45) is 0 Å². The van der Waals surface area contributed by atoms with Gasteiger partial charge in [0.2, 0.25) is 0 Å². The molecule has 0 bridgehead atoms. The van der Waals surface area contributed by atoms with Gasteiger partial charge in [0, 0.05) is 12.0 Å². The van der Waals surface area contributed by atoms with Gasteiger partial charge in [0.05, 0.1) is 6.54 Å². The topological polar surface area (TPSA) is 33.5 Å². The quantitative estimate of drug-likeness (QED) is 0.720. The summed E-state index contributed by atoms with van der Waals surface area (Å²) in [7, 11) is 2.05. The van der Waals surface area contributed by atoms with Crippen LogP contribution in [0.2, 0.25) is 0 Å². The molecule has 0 unspecified atom stereocenters. The van der Waals surface area contributed by atoms with E-state index in [4.69, 9.17) is 4.42 Å². The molecule has 0 radical (unpaired) electrons. The summed E-state index contributed by atoms with van der Waals surface area (Å²) >= 11 is 0.